The van der Waals surface area contributed by atoms with E-state index in [0.29, 0.717) is 12.3 Å². The number of nitrogens with zero attached hydrogens (tertiary/aromatic N) is 1. The van der Waals surface area contributed by atoms with Gasteiger partial charge in [-0.05, 0) is 52.9 Å². The van der Waals surface area contributed by atoms with Crippen molar-refractivity contribution in [1.29, 1.82) is 0 Å². The molecule has 3 aromatic rings. The van der Waals surface area contributed by atoms with Crippen LogP contribution in [0.25, 0.3) is 11.1 Å². The standard InChI is InChI=1S/C25H27NO4S/c1-31(28,29)25-11-5-9-21(15-25)20-8-4-10-24(14-20)30-18-23(27)17-26-13-12-19-6-2-3-7-22(19)16-26/h2-11,14-15,23,27H,12-13,16-18H2,1H3. The van der Waals surface area contributed by atoms with Crippen molar-refractivity contribution >= 4 is 9.84 Å². The van der Waals surface area contributed by atoms with Crippen molar-refractivity contribution < 1.29 is 18.3 Å². The first-order valence-electron chi connectivity index (χ1n) is 10.4. The van der Waals surface area contributed by atoms with Gasteiger partial charge in [-0.1, -0.05) is 48.5 Å². The quantitative estimate of drug-likeness (QED) is 0.612. The van der Waals surface area contributed by atoms with E-state index in [-0.39, 0.29) is 11.5 Å². The zero-order valence-corrected chi connectivity index (χ0v) is 18.4. The van der Waals surface area contributed by atoms with E-state index >= 15 is 0 Å². The first kappa shape index (κ1) is 21.6. The predicted molar refractivity (Wildman–Crippen MR) is 122 cm³/mol. The molecule has 1 N–H and O–H groups in total. The molecule has 4 rings (SSSR count). The maximum atomic E-state index is 11.8. The Morgan fingerprint density at radius 2 is 1.68 bits per heavy atom. The highest BCUT2D eigenvalue weighted by Gasteiger charge is 2.18. The minimum Gasteiger partial charge on any atom is -0.491 e. The molecule has 0 saturated carbocycles. The number of benzene rings is 3. The number of β-amino-alcohol motifs (C(OH)–C–C–N with tert-alkyl or cyclic N) is 1. The summed E-state index contributed by atoms with van der Waals surface area (Å²) in [6.45, 7) is 2.54. The highest BCUT2D eigenvalue weighted by molar-refractivity contribution is 7.90. The summed E-state index contributed by atoms with van der Waals surface area (Å²) in [6.07, 6.45) is 1.61. The molecule has 6 heteroatoms. The van der Waals surface area contributed by atoms with Gasteiger partial charge in [-0.15, -0.1) is 0 Å². The highest BCUT2D eigenvalue weighted by Crippen LogP contribution is 2.26. The Balaban J connectivity index is 1.36. The Labute approximate surface area is 183 Å². The summed E-state index contributed by atoms with van der Waals surface area (Å²) in [4.78, 5) is 2.54. The molecule has 0 bridgehead atoms. The largest absolute Gasteiger partial charge is 0.491 e. The summed E-state index contributed by atoms with van der Waals surface area (Å²) in [5.74, 6) is 0.644. The first-order valence-corrected chi connectivity index (χ1v) is 12.3. The molecule has 1 aliphatic rings. The molecule has 0 aromatic heterocycles. The van der Waals surface area contributed by atoms with Gasteiger partial charge < -0.3 is 9.84 Å². The monoisotopic (exact) mass is 437 g/mol. The smallest absolute Gasteiger partial charge is 0.175 e. The number of hydrogen-bond acceptors (Lipinski definition) is 5. The molecule has 0 saturated heterocycles. The van der Waals surface area contributed by atoms with E-state index in [4.69, 9.17) is 4.74 Å². The van der Waals surface area contributed by atoms with Crippen LogP contribution in [-0.2, 0) is 22.8 Å². The Hall–Kier alpha value is -2.67. The van der Waals surface area contributed by atoms with Crippen LogP contribution in [0, 0.1) is 0 Å². The Bertz CT molecular complexity index is 1160. The third kappa shape index (κ3) is 5.53. The molecule has 1 heterocycles. The first-order chi connectivity index (χ1) is 14.9. The van der Waals surface area contributed by atoms with Crippen LogP contribution < -0.4 is 4.74 Å². The van der Waals surface area contributed by atoms with Crippen LogP contribution >= 0.6 is 0 Å². The van der Waals surface area contributed by atoms with Crippen LogP contribution in [0.1, 0.15) is 11.1 Å². The molecule has 0 radical (unpaired) electrons. The Morgan fingerprint density at radius 3 is 2.45 bits per heavy atom. The number of aliphatic hydroxyl groups is 1. The van der Waals surface area contributed by atoms with Crippen molar-refractivity contribution in [2.45, 2.75) is 24.0 Å². The number of aliphatic hydroxyl groups excluding tert-OH is 1. The molecule has 0 spiro atoms. The minimum atomic E-state index is -3.27. The third-order valence-corrected chi connectivity index (χ3v) is 6.66. The molecular weight excluding hydrogens is 410 g/mol. The van der Waals surface area contributed by atoms with E-state index in [1.54, 1.807) is 18.2 Å². The van der Waals surface area contributed by atoms with Crippen LogP contribution in [0.4, 0.5) is 0 Å². The molecule has 5 nitrogen and oxygen atoms in total. The van der Waals surface area contributed by atoms with Crippen LogP contribution in [-0.4, -0.2) is 50.5 Å². The van der Waals surface area contributed by atoms with Gasteiger partial charge in [0, 0.05) is 25.9 Å². The topological polar surface area (TPSA) is 66.8 Å². The van der Waals surface area contributed by atoms with Gasteiger partial charge in [0.1, 0.15) is 18.5 Å². The fourth-order valence-electron chi connectivity index (χ4n) is 3.92. The van der Waals surface area contributed by atoms with Gasteiger partial charge in [-0.25, -0.2) is 8.42 Å². The summed E-state index contributed by atoms with van der Waals surface area (Å²) in [5, 5.41) is 10.5. The highest BCUT2D eigenvalue weighted by atomic mass is 32.2. The van der Waals surface area contributed by atoms with E-state index in [2.05, 4.69) is 29.2 Å². The molecule has 1 aliphatic heterocycles. The number of ether oxygens (including phenoxy) is 1. The lowest BCUT2D eigenvalue weighted by atomic mass is 10.00. The van der Waals surface area contributed by atoms with Crippen molar-refractivity contribution in [3.05, 3.63) is 83.9 Å². The molecule has 3 aromatic carbocycles. The van der Waals surface area contributed by atoms with Crippen molar-refractivity contribution in [3.8, 4) is 16.9 Å². The van der Waals surface area contributed by atoms with Crippen molar-refractivity contribution in [2.24, 2.45) is 0 Å². The maximum absolute atomic E-state index is 11.8. The Morgan fingerprint density at radius 1 is 0.968 bits per heavy atom. The molecule has 1 atom stereocenters. The van der Waals surface area contributed by atoms with Crippen LogP contribution in [0.5, 0.6) is 5.75 Å². The Kier molecular flexibility index (Phi) is 6.41. The van der Waals surface area contributed by atoms with Gasteiger partial charge in [0.05, 0.1) is 4.90 Å². The van der Waals surface area contributed by atoms with Crippen molar-refractivity contribution in [3.63, 3.8) is 0 Å². The normalized spacial score (nSPS) is 15.3. The molecule has 162 valence electrons. The van der Waals surface area contributed by atoms with E-state index < -0.39 is 15.9 Å². The molecule has 31 heavy (non-hydrogen) atoms. The minimum absolute atomic E-state index is 0.199. The fourth-order valence-corrected chi connectivity index (χ4v) is 4.59. The number of hydrogen-bond donors (Lipinski definition) is 1. The number of sulfone groups is 1. The third-order valence-electron chi connectivity index (χ3n) is 5.55. The van der Waals surface area contributed by atoms with E-state index in [1.807, 2.05) is 30.3 Å². The lowest BCUT2D eigenvalue weighted by Crippen LogP contribution is -2.38. The predicted octanol–water partition coefficient (Wildman–Crippen LogP) is 3.56. The summed E-state index contributed by atoms with van der Waals surface area (Å²) in [5.41, 5.74) is 4.39. The van der Waals surface area contributed by atoms with Gasteiger partial charge in [-0.2, -0.15) is 0 Å². The summed E-state index contributed by atoms with van der Waals surface area (Å²) < 4.78 is 29.5. The summed E-state index contributed by atoms with van der Waals surface area (Å²) in [7, 11) is -3.27. The molecule has 0 aliphatic carbocycles. The molecule has 1 unspecified atom stereocenters. The van der Waals surface area contributed by atoms with Crippen molar-refractivity contribution in [1.82, 2.24) is 4.90 Å². The van der Waals surface area contributed by atoms with Gasteiger partial charge in [-0.3, -0.25) is 4.90 Å². The fraction of sp³-hybridized carbons (Fsp3) is 0.280. The van der Waals surface area contributed by atoms with Gasteiger partial charge in [0.25, 0.3) is 0 Å². The lowest BCUT2D eigenvalue weighted by molar-refractivity contribution is 0.0638. The summed E-state index contributed by atoms with van der Waals surface area (Å²) >= 11 is 0. The van der Waals surface area contributed by atoms with Gasteiger partial charge >= 0.3 is 0 Å². The molecule has 0 fully saturated rings. The number of fused-ring (bicyclic) bond motifs is 1. The average Bonchev–Trinajstić information content (AvgIpc) is 2.77. The van der Waals surface area contributed by atoms with Crippen LogP contribution in [0.3, 0.4) is 0 Å². The van der Waals surface area contributed by atoms with Crippen LogP contribution in [0.15, 0.2) is 77.7 Å². The molecular formula is C25H27NO4S. The molecule has 0 amide bonds. The second-order valence-corrected chi connectivity index (χ2v) is 10.1. The zero-order valence-electron chi connectivity index (χ0n) is 17.6. The van der Waals surface area contributed by atoms with Crippen LogP contribution in [0.2, 0.25) is 0 Å². The second-order valence-electron chi connectivity index (χ2n) is 8.05. The van der Waals surface area contributed by atoms with E-state index in [9.17, 15) is 13.5 Å². The number of rotatable bonds is 7. The SMILES string of the molecule is CS(=O)(=O)c1cccc(-c2cccc(OCC(O)CN3CCc4ccccc4C3)c2)c1. The van der Waals surface area contributed by atoms with Gasteiger partial charge in [0.15, 0.2) is 9.84 Å². The van der Waals surface area contributed by atoms with Gasteiger partial charge in [0.2, 0.25) is 0 Å². The maximum Gasteiger partial charge on any atom is 0.175 e. The summed E-state index contributed by atoms with van der Waals surface area (Å²) in [6, 6.07) is 22.8. The van der Waals surface area contributed by atoms with E-state index in [1.165, 1.54) is 17.4 Å². The zero-order chi connectivity index (χ0) is 21.8. The lowest BCUT2D eigenvalue weighted by Gasteiger charge is -2.30. The van der Waals surface area contributed by atoms with Crippen molar-refractivity contribution in [2.75, 3.05) is 26.0 Å². The average molecular weight is 438 g/mol. The van der Waals surface area contributed by atoms with E-state index in [0.717, 1.165) is 30.6 Å². The second kappa shape index (κ2) is 9.22.